The molecule has 1 aromatic carbocycles. The van der Waals surface area contributed by atoms with Crippen molar-refractivity contribution in [2.45, 2.75) is 19.5 Å². The number of benzene rings is 1. The highest BCUT2D eigenvalue weighted by Crippen LogP contribution is 2.28. The number of ether oxygens (including phenoxy) is 1. The van der Waals surface area contributed by atoms with E-state index in [1.807, 2.05) is 24.9 Å². The standard InChI is InChI=1S/C16H18BrClN2O2S/c1-10(20(2)9-12-5-7-15(17)23-12)16(21)19-13-8-11(18)4-6-14(13)22-3/h4-8,10H,9H2,1-3H3,(H,19,21)/t10-/m0/s1. The summed E-state index contributed by atoms with van der Waals surface area (Å²) in [7, 11) is 3.48. The minimum absolute atomic E-state index is 0.108. The second-order valence-corrected chi connectivity index (χ2v) is 8.11. The maximum absolute atomic E-state index is 12.5. The van der Waals surface area contributed by atoms with E-state index in [9.17, 15) is 4.79 Å². The SMILES string of the molecule is COc1ccc(Cl)cc1NC(=O)[C@H](C)N(C)Cc1ccc(Br)s1. The first-order chi connectivity index (χ1) is 10.9. The Kier molecular flexibility index (Phi) is 6.47. The Balaban J connectivity index is 2.03. The highest BCUT2D eigenvalue weighted by Gasteiger charge is 2.20. The molecule has 0 saturated carbocycles. The molecule has 1 heterocycles. The van der Waals surface area contributed by atoms with E-state index >= 15 is 0 Å². The second-order valence-electron chi connectivity index (χ2n) is 5.13. The number of nitrogens with one attached hydrogen (secondary N) is 1. The smallest absolute Gasteiger partial charge is 0.241 e. The molecule has 0 unspecified atom stereocenters. The second kappa shape index (κ2) is 8.15. The first-order valence-electron chi connectivity index (χ1n) is 6.99. The van der Waals surface area contributed by atoms with Gasteiger partial charge in [0.15, 0.2) is 0 Å². The fourth-order valence-electron chi connectivity index (χ4n) is 2.03. The molecule has 2 rings (SSSR count). The number of anilines is 1. The molecular weight excluding hydrogens is 400 g/mol. The summed E-state index contributed by atoms with van der Waals surface area (Å²) in [4.78, 5) is 15.7. The Labute approximate surface area is 153 Å². The summed E-state index contributed by atoms with van der Waals surface area (Å²) in [6.07, 6.45) is 0. The Morgan fingerprint density at radius 3 is 2.78 bits per heavy atom. The molecular formula is C16H18BrClN2O2S. The van der Waals surface area contributed by atoms with Gasteiger partial charge in [-0.2, -0.15) is 0 Å². The number of halogens is 2. The summed E-state index contributed by atoms with van der Waals surface area (Å²) in [5, 5.41) is 3.42. The maximum Gasteiger partial charge on any atom is 0.241 e. The van der Waals surface area contributed by atoms with Crippen molar-refractivity contribution in [3.05, 3.63) is 44.0 Å². The van der Waals surface area contributed by atoms with Crippen LogP contribution in [0.1, 0.15) is 11.8 Å². The van der Waals surface area contributed by atoms with Crippen LogP contribution in [0.25, 0.3) is 0 Å². The van der Waals surface area contributed by atoms with Crippen LogP contribution in [-0.4, -0.2) is 31.0 Å². The molecule has 0 saturated heterocycles. The fourth-order valence-corrected chi connectivity index (χ4v) is 3.75. The quantitative estimate of drug-likeness (QED) is 0.745. The van der Waals surface area contributed by atoms with E-state index in [4.69, 9.17) is 16.3 Å². The Hall–Kier alpha value is -1.08. The summed E-state index contributed by atoms with van der Waals surface area (Å²) in [6.45, 7) is 2.58. The van der Waals surface area contributed by atoms with Crippen LogP contribution in [0.5, 0.6) is 5.75 Å². The highest BCUT2D eigenvalue weighted by molar-refractivity contribution is 9.11. The summed E-state index contributed by atoms with van der Waals surface area (Å²) >= 11 is 11.1. The molecule has 4 nitrogen and oxygen atoms in total. The molecule has 0 radical (unpaired) electrons. The molecule has 0 aliphatic carbocycles. The number of methoxy groups -OCH3 is 1. The van der Waals surface area contributed by atoms with Crippen molar-refractivity contribution in [3.8, 4) is 5.75 Å². The molecule has 1 atom stereocenters. The molecule has 0 bridgehead atoms. The largest absolute Gasteiger partial charge is 0.495 e. The summed E-state index contributed by atoms with van der Waals surface area (Å²) in [5.74, 6) is 0.475. The van der Waals surface area contributed by atoms with E-state index in [0.29, 0.717) is 23.0 Å². The molecule has 1 N–H and O–H groups in total. The summed E-state index contributed by atoms with van der Waals surface area (Å²) in [5.41, 5.74) is 0.573. The molecule has 1 amide bonds. The Morgan fingerprint density at radius 1 is 1.43 bits per heavy atom. The van der Waals surface area contributed by atoms with Crippen LogP contribution in [0.4, 0.5) is 5.69 Å². The van der Waals surface area contributed by atoms with E-state index in [1.54, 1.807) is 36.6 Å². The number of carbonyl (C=O) groups is 1. The monoisotopic (exact) mass is 416 g/mol. The number of nitrogens with zero attached hydrogens (tertiary/aromatic N) is 1. The number of hydrogen-bond acceptors (Lipinski definition) is 4. The van der Waals surface area contributed by atoms with Crippen LogP contribution in [0.15, 0.2) is 34.1 Å². The van der Waals surface area contributed by atoms with E-state index in [2.05, 4.69) is 27.3 Å². The third-order valence-electron chi connectivity index (χ3n) is 3.49. The minimum atomic E-state index is -0.292. The highest BCUT2D eigenvalue weighted by atomic mass is 79.9. The zero-order valence-corrected chi connectivity index (χ0v) is 16.3. The van der Waals surface area contributed by atoms with Crippen LogP contribution in [-0.2, 0) is 11.3 Å². The van der Waals surface area contributed by atoms with E-state index < -0.39 is 0 Å². The lowest BCUT2D eigenvalue weighted by atomic mass is 10.2. The molecule has 0 aliphatic heterocycles. The number of likely N-dealkylation sites (N-methyl/N-ethyl adjacent to an activating group) is 1. The van der Waals surface area contributed by atoms with Crippen molar-refractivity contribution < 1.29 is 9.53 Å². The predicted molar refractivity (Wildman–Crippen MR) is 99.6 cm³/mol. The van der Waals surface area contributed by atoms with Crippen molar-refractivity contribution in [2.75, 3.05) is 19.5 Å². The lowest BCUT2D eigenvalue weighted by Gasteiger charge is -2.23. The molecule has 23 heavy (non-hydrogen) atoms. The molecule has 124 valence electrons. The zero-order valence-electron chi connectivity index (χ0n) is 13.1. The van der Waals surface area contributed by atoms with E-state index in [1.165, 1.54) is 4.88 Å². The van der Waals surface area contributed by atoms with Gasteiger partial charge in [-0.1, -0.05) is 11.6 Å². The van der Waals surface area contributed by atoms with E-state index in [0.717, 1.165) is 3.79 Å². The van der Waals surface area contributed by atoms with Gasteiger partial charge in [0.25, 0.3) is 0 Å². The third-order valence-corrected chi connectivity index (χ3v) is 5.34. The van der Waals surface area contributed by atoms with Gasteiger partial charge >= 0.3 is 0 Å². The topological polar surface area (TPSA) is 41.6 Å². The van der Waals surface area contributed by atoms with Gasteiger partial charge in [-0.05, 0) is 60.2 Å². The van der Waals surface area contributed by atoms with E-state index in [-0.39, 0.29) is 11.9 Å². The first kappa shape index (κ1) is 18.3. The number of hydrogen-bond donors (Lipinski definition) is 1. The maximum atomic E-state index is 12.5. The van der Waals surface area contributed by atoms with Gasteiger partial charge in [-0.25, -0.2) is 0 Å². The average molecular weight is 418 g/mol. The van der Waals surface area contributed by atoms with Crippen LogP contribution >= 0.6 is 38.9 Å². The van der Waals surface area contributed by atoms with Gasteiger partial charge in [-0.15, -0.1) is 11.3 Å². The number of thiophene rings is 1. The number of rotatable bonds is 6. The Bertz CT molecular complexity index is 692. The Morgan fingerprint density at radius 2 is 2.17 bits per heavy atom. The van der Waals surface area contributed by atoms with Crippen LogP contribution in [0.2, 0.25) is 5.02 Å². The molecule has 0 fully saturated rings. The van der Waals surface area contributed by atoms with Gasteiger partial charge in [-0.3, -0.25) is 9.69 Å². The lowest BCUT2D eigenvalue weighted by Crippen LogP contribution is -2.39. The van der Waals surface area contributed by atoms with Crippen molar-refractivity contribution in [2.24, 2.45) is 0 Å². The van der Waals surface area contributed by atoms with Crippen molar-refractivity contribution >= 4 is 50.5 Å². The van der Waals surface area contributed by atoms with Gasteiger partial charge < -0.3 is 10.1 Å². The van der Waals surface area contributed by atoms with Crippen molar-refractivity contribution in [1.29, 1.82) is 0 Å². The van der Waals surface area contributed by atoms with Crippen molar-refractivity contribution in [3.63, 3.8) is 0 Å². The normalized spacial score (nSPS) is 12.3. The molecule has 7 heteroatoms. The number of carbonyl (C=O) groups excluding carboxylic acids is 1. The van der Waals surface area contributed by atoms with Gasteiger partial charge in [0.2, 0.25) is 5.91 Å². The van der Waals surface area contributed by atoms with Gasteiger partial charge in [0.1, 0.15) is 5.75 Å². The predicted octanol–water partition coefficient (Wildman–Crippen LogP) is 4.63. The van der Waals surface area contributed by atoms with Crippen LogP contribution in [0, 0.1) is 0 Å². The number of amides is 1. The van der Waals surface area contributed by atoms with Crippen molar-refractivity contribution in [1.82, 2.24) is 4.90 Å². The molecule has 1 aromatic heterocycles. The lowest BCUT2D eigenvalue weighted by molar-refractivity contribution is -0.120. The first-order valence-corrected chi connectivity index (χ1v) is 8.98. The molecule has 0 aliphatic rings. The van der Waals surface area contributed by atoms with Gasteiger partial charge in [0, 0.05) is 16.4 Å². The van der Waals surface area contributed by atoms with Crippen LogP contribution in [0.3, 0.4) is 0 Å². The summed E-state index contributed by atoms with van der Waals surface area (Å²) in [6, 6.07) is 8.90. The zero-order chi connectivity index (χ0) is 17.0. The third kappa shape index (κ3) is 4.94. The molecule has 2 aromatic rings. The fraction of sp³-hybridized carbons (Fsp3) is 0.312. The van der Waals surface area contributed by atoms with Crippen LogP contribution < -0.4 is 10.1 Å². The molecule has 0 spiro atoms. The summed E-state index contributed by atoms with van der Waals surface area (Å²) < 4.78 is 6.33. The van der Waals surface area contributed by atoms with Gasteiger partial charge in [0.05, 0.1) is 22.6 Å². The average Bonchev–Trinajstić information content (AvgIpc) is 2.91. The minimum Gasteiger partial charge on any atom is -0.495 e.